The topological polar surface area (TPSA) is 96.4 Å². The van der Waals surface area contributed by atoms with Crippen molar-refractivity contribution in [2.45, 2.75) is 38.2 Å². The van der Waals surface area contributed by atoms with Crippen LogP contribution in [-0.2, 0) is 19.4 Å². The number of aromatic carboxylic acids is 1. The van der Waals surface area contributed by atoms with Crippen LogP contribution >= 0.6 is 23.2 Å². The summed E-state index contributed by atoms with van der Waals surface area (Å²) in [6.07, 6.45) is 3.52. The molecule has 1 heterocycles. The van der Waals surface area contributed by atoms with Gasteiger partial charge in [-0.05, 0) is 79.3 Å². The number of carbonyl (C=O) groups is 1. The number of carboxylic acids is 1. The highest BCUT2D eigenvalue weighted by Crippen LogP contribution is 2.46. The zero-order valence-corrected chi connectivity index (χ0v) is 21.2. The smallest absolute Gasteiger partial charge is 0.335 e. The molecule has 6 nitrogen and oxygen atoms in total. The molecule has 0 atom stereocenters. The summed E-state index contributed by atoms with van der Waals surface area (Å²) in [6, 6.07) is 16.0. The van der Waals surface area contributed by atoms with Crippen LogP contribution in [0.2, 0.25) is 10.0 Å². The van der Waals surface area contributed by atoms with Gasteiger partial charge in [0.05, 0.1) is 26.9 Å². The first-order chi connectivity index (χ1) is 17.9. The van der Waals surface area contributed by atoms with E-state index in [4.69, 9.17) is 37.9 Å². The molecular formula is C29H22Cl2N2O4. The SMILES string of the molecule is N=C1c2ccc(OCc3c(-c4c(Cl)cccc4Cl)noc3C3CC3)cc2CCc2ccc(C(=O)O)cc21. The molecule has 2 aliphatic carbocycles. The zero-order valence-electron chi connectivity index (χ0n) is 19.7. The van der Waals surface area contributed by atoms with Crippen LogP contribution in [0.3, 0.4) is 0 Å². The minimum atomic E-state index is -0.999. The number of halogens is 2. The molecule has 37 heavy (non-hydrogen) atoms. The molecule has 6 rings (SSSR count). The fourth-order valence-electron chi connectivity index (χ4n) is 4.89. The highest BCUT2D eigenvalue weighted by molar-refractivity contribution is 6.39. The van der Waals surface area contributed by atoms with Gasteiger partial charge >= 0.3 is 5.97 Å². The van der Waals surface area contributed by atoms with Crippen molar-refractivity contribution in [3.63, 3.8) is 0 Å². The highest BCUT2D eigenvalue weighted by Gasteiger charge is 2.33. The van der Waals surface area contributed by atoms with Crippen LogP contribution in [0, 0.1) is 5.41 Å². The van der Waals surface area contributed by atoms with Crippen molar-refractivity contribution in [2.75, 3.05) is 0 Å². The monoisotopic (exact) mass is 532 g/mol. The van der Waals surface area contributed by atoms with E-state index in [1.165, 1.54) is 0 Å². The van der Waals surface area contributed by atoms with Crippen molar-refractivity contribution in [3.8, 4) is 17.0 Å². The van der Waals surface area contributed by atoms with Gasteiger partial charge in [-0.3, -0.25) is 5.41 Å². The number of fused-ring (bicyclic) bond motifs is 2. The number of carboxylic acid groups (broad SMARTS) is 1. The van der Waals surface area contributed by atoms with Crippen LogP contribution < -0.4 is 4.74 Å². The van der Waals surface area contributed by atoms with Gasteiger partial charge in [0, 0.05) is 22.6 Å². The second-order valence-electron chi connectivity index (χ2n) is 9.40. The maximum absolute atomic E-state index is 11.4. The van der Waals surface area contributed by atoms with Crippen molar-refractivity contribution < 1.29 is 19.2 Å². The lowest BCUT2D eigenvalue weighted by molar-refractivity contribution is 0.0697. The highest BCUT2D eigenvalue weighted by atomic mass is 35.5. The summed E-state index contributed by atoms with van der Waals surface area (Å²) >= 11 is 12.9. The molecule has 4 aromatic rings. The first-order valence-corrected chi connectivity index (χ1v) is 12.8. The van der Waals surface area contributed by atoms with Crippen LogP contribution in [-0.4, -0.2) is 21.9 Å². The first kappa shape index (κ1) is 23.8. The molecule has 0 bridgehead atoms. The number of aromatic nitrogens is 1. The van der Waals surface area contributed by atoms with Crippen LogP contribution in [0.4, 0.5) is 0 Å². The number of ether oxygens (including phenoxy) is 1. The van der Waals surface area contributed by atoms with E-state index in [1.807, 2.05) is 24.3 Å². The van der Waals surface area contributed by atoms with Gasteiger partial charge in [0.25, 0.3) is 0 Å². The normalized spacial score (nSPS) is 14.6. The summed E-state index contributed by atoms with van der Waals surface area (Å²) in [4.78, 5) is 11.4. The fraction of sp³-hybridized carbons (Fsp3) is 0.207. The van der Waals surface area contributed by atoms with E-state index in [0.29, 0.717) is 50.7 Å². The van der Waals surface area contributed by atoms with Gasteiger partial charge in [-0.1, -0.05) is 40.5 Å². The van der Waals surface area contributed by atoms with Gasteiger partial charge in [0.15, 0.2) is 0 Å². The molecule has 0 saturated heterocycles. The lowest BCUT2D eigenvalue weighted by Crippen LogP contribution is -2.07. The fourth-order valence-corrected chi connectivity index (χ4v) is 5.47. The number of aryl methyl sites for hydroxylation is 2. The minimum Gasteiger partial charge on any atom is -0.489 e. The van der Waals surface area contributed by atoms with Crippen LogP contribution in [0.5, 0.6) is 5.75 Å². The van der Waals surface area contributed by atoms with Crippen molar-refractivity contribution in [1.82, 2.24) is 5.16 Å². The van der Waals surface area contributed by atoms with Crippen LogP contribution in [0.25, 0.3) is 11.3 Å². The number of rotatable bonds is 6. The molecule has 1 aromatic heterocycles. The van der Waals surface area contributed by atoms with Gasteiger partial charge in [-0.15, -0.1) is 0 Å². The Balaban J connectivity index is 1.30. The molecule has 0 radical (unpaired) electrons. The molecule has 2 N–H and O–H groups in total. The summed E-state index contributed by atoms with van der Waals surface area (Å²) in [6.45, 7) is 0.241. The lowest BCUT2D eigenvalue weighted by atomic mass is 9.96. The van der Waals surface area contributed by atoms with E-state index in [1.54, 1.807) is 30.3 Å². The largest absolute Gasteiger partial charge is 0.489 e. The third-order valence-corrected chi connectivity index (χ3v) is 7.62. The Bertz CT molecular complexity index is 1550. The maximum atomic E-state index is 11.4. The van der Waals surface area contributed by atoms with Crippen molar-refractivity contribution in [3.05, 3.63) is 104 Å². The second-order valence-corrected chi connectivity index (χ2v) is 10.2. The molecule has 186 valence electrons. The number of hydrogen-bond donors (Lipinski definition) is 2. The Morgan fingerprint density at radius 1 is 1.03 bits per heavy atom. The van der Waals surface area contributed by atoms with Gasteiger partial charge in [-0.25, -0.2) is 4.79 Å². The van der Waals surface area contributed by atoms with Crippen LogP contribution in [0.15, 0.2) is 59.1 Å². The Hall–Kier alpha value is -3.61. The summed E-state index contributed by atoms with van der Waals surface area (Å²) in [5.74, 6) is 0.804. The van der Waals surface area contributed by atoms with Gasteiger partial charge < -0.3 is 14.4 Å². The second kappa shape index (κ2) is 9.36. The van der Waals surface area contributed by atoms with Gasteiger partial charge in [0.1, 0.15) is 23.8 Å². The molecule has 2 aliphatic rings. The molecule has 0 amide bonds. The van der Waals surface area contributed by atoms with Crippen molar-refractivity contribution in [1.29, 1.82) is 5.41 Å². The van der Waals surface area contributed by atoms with E-state index < -0.39 is 5.97 Å². The summed E-state index contributed by atoms with van der Waals surface area (Å²) < 4.78 is 12.0. The predicted octanol–water partition coefficient (Wildman–Crippen LogP) is 7.32. The number of nitrogens with one attached hydrogen (secondary N) is 1. The molecule has 8 heteroatoms. The average molecular weight is 533 g/mol. The van der Waals surface area contributed by atoms with E-state index in [0.717, 1.165) is 47.3 Å². The average Bonchev–Trinajstić information content (AvgIpc) is 3.67. The van der Waals surface area contributed by atoms with Gasteiger partial charge in [0.2, 0.25) is 0 Å². The quantitative estimate of drug-likeness (QED) is 0.271. The maximum Gasteiger partial charge on any atom is 0.335 e. The molecule has 1 fully saturated rings. The third kappa shape index (κ3) is 4.41. The molecule has 1 saturated carbocycles. The number of nitrogens with zero attached hydrogens (tertiary/aromatic N) is 1. The standard InChI is InChI=1S/C29H22Cl2N2O4/c30-23-2-1-3-24(31)25(23)27-22(28(37-33-27)16-6-7-16)14-36-19-10-11-20-17(12-19)8-4-15-5-9-18(29(34)35)13-21(15)26(20)32/h1-3,5,9-13,16,32H,4,6-8,14H2,(H,34,35). The summed E-state index contributed by atoms with van der Waals surface area (Å²) in [7, 11) is 0. The van der Waals surface area contributed by atoms with Crippen LogP contribution in [0.1, 0.15) is 62.7 Å². The Kier molecular flexibility index (Phi) is 6.01. The predicted molar refractivity (Wildman–Crippen MR) is 141 cm³/mol. The van der Waals surface area contributed by atoms with E-state index in [9.17, 15) is 9.90 Å². The third-order valence-electron chi connectivity index (χ3n) is 6.99. The van der Waals surface area contributed by atoms with Crippen molar-refractivity contribution >= 4 is 34.9 Å². The van der Waals surface area contributed by atoms with Gasteiger partial charge in [-0.2, -0.15) is 0 Å². The number of hydrogen-bond acceptors (Lipinski definition) is 5. The van der Waals surface area contributed by atoms with E-state index >= 15 is 0 Å². The molecular weight excluding hydrogens is 511 g/mol. The Labute approximate surface area is 223 Å². The number of benzene rings is 3. The Morgan fingerprint density at radius 2 is 1.78 bits per heavy atom. The summed E-state index contributed by atoms with van der Waals surface area (Å²) in [5, 5.41) is 23.5. The first-order valence-electron chi connectivity index (χ1n) is 12.0. The summed E-state index contributed by atoms with van der Waals surface area (Å²) in [5.41, 5.74) is 5.96. The zero-order chi connectivity index (χ0) is 25.7. The molecule has 0 aliphatic heterocycles. The van der Waals surface area contributed by atoms with Crippen molar-refractivity contribution in [2.24, 2.45) is 0 Å². The molecule has 0 spiro atoms. The van der Waals surface area contributed by atoms with E-state index in [2.05, 4.69) is 5.16 Å². The van der Waals surface area contributed by atoms with E-state index in [-0.39, 0.29) is 12.2 Å². The molecule has 0 unspecified atom stereocenters. The Morgan fingerprint density at radius 3 is 2.51 bits per heavy atom. The lowest BCUT2D eigenvalue weighted by Gasteiger charge is -2.13. The minimum absolute atomic E-state index is 0.182. The molecule has 3 aromatic carbocycles.